The quantitative estimate of drug-likeness (QED) is 0.922. The number of rotatable bonds is 3. The average molecular weight is 289 g/mol. The summed E-state index contributed by atoms with van der Waals surface area (Å²) in [5.74, 6) is 0.580. The van der Waals surface area contributed by atoms with Crippen molar-refractivity contribution < 1.29 is 4.79 Å². The molecule has 0 saturated carbocycles. The van der Waals surface area contributed by atoms with E-state index < -0.39 is 0 Å². The van der Waals surface area contributed by atoms with E-state index in [0.717, 1.165) is 16.9 Å². The maximum atomic E-state index is 11.6. The van der Waals surface area contributed by atoms with Crippen molar-refractivity contribution in [1.29, 1.82) is 0 Å². The van der Waals surface area contributed by atoms with Crippen LogP contribution in [-0.2, 0) is 11.3 Å². The van der Waals surface area contributed by atoms with Crippen LogP contribution in [0.5, 0.6) is 0 Å². The highest BCUT2D eigenvalue weighted by Crippen LogP contribution is 2.26. The van der Waals surface area contributed by atoms with E-state index in [1.807, 2.05) is 11.0 Å². The predicted octanol–water partition coefficient (Wildman–Crippen LogP) is 1.82. The van der Waals surface area contributed by atoms with Gasteiger partial charge >= 0.3 is 0 Å². The lowest BCUT2D eigenvalue weighted by Crippen LogP contribution is -2.25. The second kappa shape index (κ2) is 4.63. The highest BCUT2D eigenvalue weighted by molar-refractivity contribution is 9.11. The Morgan fingerprint density at radius 2 is 2.40 bits per heavy atom. The van der Waals surface area contributed by atoms with Crippen molar-refractivity contribution in [2.45, 2.75) is 13.0 Å². The summed E-state index contributed by atoms with van der Waals surface area (Å²) in [7, 11) is 0. The van der Waals surface area contributed by atoms with Crippen LogP contribution in [0.15, 0.2) is 15.9 Å². The van der Waals surface area contributed by atoms with Crippen molar-refractivity contribution in [1.82, 2.24) is 4.90 Å². The third-order valence-electron chi connectivity index (χ3n) is 2.60. The van der Waals surface area contributed by atoms with Crippen molar-refractivity contribution >= 4 is 33.2 Å². The van der Waals surface area contributed by atoms with Gasteiger partial charge in [0.05, 0.1) is 10.3 Å². The van der Waals surface area contributed by atoms with Crippen LogP contribution in [0.4, 0.5) is 0 Å². The number of hydrogen-bond acceptors (Lipinski definition) is 3. The third-order valence-corrected chi connectivity index (χ3v) is 4.21. The fourth-order valence-corrected chi connectivity index (χ4v) is 3.29. The highest BCUT2D eigenvalue weighted by atomic mass is 79.9. The molecule has 1 fully saturated rings. The van der Waals surface area contributed by atoms with Crippen molar-refractivity contribution in [2.75, 3.05) is 13.1 Å². The topological polar surface area (TPSA) is 46.3 Å². The van der Waals surface area contributed by atoms with Crippen LogP contribution in [0, 0.1) is 5.92 Å². The average Bonchev–Trinajstić information content (AvgIpc) is 2.75. The molecule has 5 heteroatoms. The van der Waals surface area contributed by atoms with Crippen LogP contribution in [0.25, 0.3) is 0 Å². The number of halogens is 1. The summed E-state index contributed by atoms with van der Waals surface area (Å²) >= 11 is 5.09. The number of hydrogen-bond donors (Lipinski definition) is 1. The maximum absolute atomic E-state index is 11.6. The van der Waals surface area contributed by atoms with Gasteiger partial charge in [-0.2, -0.15) is 0 Å². The van der Waals surface area contributed by atoms with Gasteiger partial charge < -0.3 is 10.6 Å². The molecule has 1 amide bonds. The zero-order chi connectivity index (χ0) is 10.8. The molecule has 0 aliphatic carbocycles. The Bertz CT molecular complexity index is 366. The Morgan fingerprint density at radius 1 is 1.60 bits per heavy atom. The smallest absolute Gasteiger partial charge is 0.223 e. The lowest BCUT2D eigenvalue weighted by Gasteiger charge is -2.14. The summed E-state index contributed by atoms with van der Waals surface area (Å²) in [6, 6.07) is 4.07. The molecular weight excluding hydrogens is 276 g/mol. The van der Waals surface area contributed by atoms with Gasteiger partial charge in [-0.25, -0.2) is 0 Å². The highest BCUT2D eigenvalue weighted by Gasteiger charge is 2.28. The van der Waals surface area contributed by atoms with Gasteiger partial charge in [-0.3, -0.25) is 4.79 Å². The fourth-order valence-electron chi connectivity index (χ4n) is 1.79. The second-order valence-corrected chi connectivity index (χ2v) is 6.33. The molecule has 1 aromatic rings. The van der Waals surface area contributed by atoms with E-state index in [1.54, 1.807) is 11.3 Å². The summed E-state index contributed by atoms with van der Waals surface area (Å²) in [5.41, 5.74) is 5.57. The maximum Gasteiger partial charge on any atom is 0.223 e. The zero-order valence-corrected chi connectivity index (χ0v) is 10.7. The Balaban J connectivity index is 1.98. The molecule has 2 heterocycles. The lowest BCUT2D eigenvalue weighted by atomic mass is 10.1. The number of nitrogens with two attached hydrogens (primary N) is 1. The predicted molar refractivity (Wildman–Crippen MR) is 64.6 cm³/mol. The van der Waals surface area contributed by atoms with E-state index >= 15 is 0 Å². The first-order chi connectivity index (χ1) is 7.19. The normalized spacial score (nSPS) is 21.3. The van der Waals surface area contributed by atoms with Gasteiger partial charge in [0, 0.05) is 17.8 Å². The third kappa shape index (κ3) is 2.59. The Labute approximate surface area is 101 Å². The Hall–Kier alpha value is -0.390. The molecule has 2 N–H and O–H groups in total. The van der Waals surface area contributed by atoms with Gasteiger partial charge in [-0.15, -0.1) is 11.3 Å². The molecule has 0 aromatic carbocycles. The Kier molecular flexibility index (Phi) is 3.43. The zero-order valence-electron chi connectivity index (χ0n) is 8.28. The molecule has 2 rings (SSSR count). The molecule has 3 nitrogen and oxygen atoms in total. The summed E-state index contributed by atoms with van der Waals surface area (Å²) < 4.78 is 1.11. The van der Waals surface area contributed by atoms with Crippen LogP contribution in [0.1, 0.15) is 11.3 Å². The van der Waals surface area contributed by atoms with Crippen LogP contribution in [0.3, 0.4) is 0 Å². The molecule has 1 atom stereocenters. The first kappa shape index (κ1) is 11.1. The molecular formula is C10H13BrN2OS. The molecule has 82 valence electrons. The van der Waals surface area contributed by atoms with Crippen molar-refractivity contribution in [3.05, 3.63) is 20.8 Å². The molecule has 1 saturated heterocycles. The van der Waals surface area contributed by atoms with Gasteiger partial charge in [0.1, 0.15) is 0 Å². The fraction of sp³-hybridized carbons (Fsp3) is 0.500. The summed E-state index contributed by atoms with van der Waals surface area (Å²) in [6.45, 7) is 2.15. The van der Waals surface area contributed by atoms with E-state index in [4.69, 9.17) is 5.73 Å². The van der Waals surface area contributed by atoms with E-state index in [2.05, 4.69) is 22.0 Å². The minimum absolute atomic E-state index is 0.231. The number of carbonyl (C=O) groups excluding carboxylic acids is 1. The van der Waals surface area contributed by atoms with Gasteiger partial charge in [0.15, 0.2) is 0 Å². The van der Waals surface area contributed by atoms with Gasteiger partial charge in [0.2, 0.25) is 5.91 Å². The van der Waals surface area contributed by atoms with Gasteiger partial charge in [-0.1, -0.05) is 0 Å². The molecule has 1 aliphatic rings. The van der Waals surface area contributed by atoms with Crippen molar-refractivity contribution in [2.24, 2.45) is 11.7 Å². The van der Waals surface area contributed by atoms with Crippen LogP contribution < -0.4 is 5.73 Å². The first-order valence-corrected chi connectivity index (χ1v) is 6.52. The second-order valence-electron chi connectivity index (χ2n) is 3.79. The standard InChI is InChI=1S/C10H13BrN2OS/c11-9-2-1-8(15-9)6-13-5-7(4-12)3-10(13)14/h1-2,7H,3-6,12H2. The van der Waals surface area contributed by atoms with Gasteiger partial charge in [0.25, 0.3) is 0 Å². The van der Waals surface area contributed by atoms with E-state index in [9.17, 15) is 4.79 Å². The number of thiophene rings is 1. The summed E-state index contributed by atoms with van der Waals surface area (Å²) in [5, 5.41) is 0. The van der Waals surface area contributed by atoms with Crippen LogP contribution in [0.2, 0.25) is 0 Å². The molecule has 1 unspecified atom stereocenters. The monoisotopic (exact) mass is 288 g/mol. The molecule has 0 radical (unpaired) electrons. The van der Waals surface area contributed by atoms with Crippen molar-refractivity contribution in [3.63, 3.8) is 0 Å². The summed E-state index contributed by atoms with van der Waals surface area (Å²) in [6.07, 6.45) is 0.614. The van der Waals surface area contributed by atoms with E-state index in [1.165, 1.54) is 4.88 Å². The minimum Gasteiger partial charge on any atom is -0.337 e. The number of nitrogens with zero attached hydrogens (tertiary/aromatic N) is 1. The lowest BCUT2D eigenvalue weighted by molar-refractivity contribution is -0.128. The van der Waals surface area contributed by atoms with E-state index in [0.29, 0.717) is 18.9 Å². The van der Waals surface area contributed by atoms with E-state index in [-0.39, 0.29) is 5.91 Å². The van der Waals surface area contributed by atoms with Crippen LogP contribution in [-0.4, -0.2) is 23.9 Å². The Morgan fingerprint density at radius 3 is 2.93 bits per heavy atom. The SMILES string of the molecule is NCC1CC(=O)N(Cc2ccc(Br)s2)C1. The molecule has 1 aliphatic heterocycles. The number of likely N-dealkylation sites (tertiary alicyclic amines) is 1. The first-order valence-electron chi connectivity index (χ1n) is 4.91. The number of amides is 1. The van der Waals surface area contributed by atoms with Gasteiger partial charge in [-0.05, 0) is 40.5 Å². The van der Waals surface area contributed by atoms with Crippen LogP contribution >= 0.6 is 27.3 Å². The number of carbonyl (C=O) groups is 1. The largest absolute Gasteiger partial charge is 0.337 e. The molecule has 0 bridgehead atoms. The molecule has 1 aromatic heterocycles. The van der Waals surface area contributed by atoms with Crippen molar-refractivity contribution in [3.8, 4) is 0 Å². The minimum atomic E-state index is 0.231. The molecule has 0 spiro atoms. The summed E-state index contributed by atoms with van der Waals surface area (Å²) in [4.78, 5) is 14.7. The molecule has 15 heavy (non-hydrogen) atoms.